The third kappa shape index (κ3) is 3.96. The van der Waals surface area contributed by atoms with E-state index in [1.807, 2.05) is 0 Å². The Hall–Kier alpha value is -2.75. The molecule has 0 spiro atoms. The van der Waals surface area contributed by atoms with E-state index in [9.17, 15) is 22.4 Å². The smallest absolute Gasteiger partial charge is 0.256 e. The zero-order valence-electron chi connectivity index (χ0n) is 12.7. The van der Waals surface area contributed by atoms with E-state index in [2.05, 4.69) is 11.8 Å². The van der Waals surface area contributed by atoms with Crippen molar-refractivity contribution in [1.29, 1.82) is 0 Å². The third-order valence-corrected chi connectivity index (χ3v) is 3.13. The van der Waals surface area contributed by atoms with E-state index in [1.54, 1.807) is 6.92 Å². The van der Waals surface area contributed by atoms with Gasteiger partial charge in [-0.1, -0.05) is 12.0 Å². The van der Waals surface area contributed by atoms with Gasteiger partial charge in [-0.15, -0.1) is 5.92 Å². The number of benzene rings is 1. The molecule has 1 aromatic heterocycles. The van der Waals surface area contributed by atoms with E-state index in [0.717, 1.165) is 18.2 Å². The van der Waals surface area contributed by atoms with Crippen molar-refractivity contribution in [2.45, 2.75) is 19.9 Å². The Balaban J connectivity index is 2.51. The van der Waals surface area contributed by atoms with Gasteiger partial charge in [0.05, 0.1) is 17.8 Å². The summed E-state index contributed by atoms with van der Waals surface area (Å²) in [6.07, 6.45) is -2.84. The Morgan fingerprint density at radius 1 is 1.21 bits per heavy atom. The van der Waals surface area contributed by atoms with Gasteiger partial charge in [0, 0.05) is 18.2 Å². The first-order valence-electron chi connectivity index (χ1n) is 6.94. The van der Waals surface area contributed by atoms with Gasteiger partial charge in [-0.3, -0.25) is 4.79 Å². The molecule has 3 nitrogen and oxygen atoms in total. The summed E-state index contributed by atoms with van der Waals surface area (Å²) in [7, 11) is 0. The van der Waals surface area contributed by atoms with Gasteiger partial charge in [0.25, 0.3) is 12.0 Å². The molecule has 0 saturated heterocycles. The van der Waals surface area contributed by atoms with Gasteiger partial charge in [-0.25, -0.2) is 17.6 Å². The summed E-state index contributed by atoms with van der Waals surface area (Å²) in [5, 5.41) is 0. The van der Waals surface area contributed by atoms with E-state index >= 15 is 0 Å². The summed E-state index contributed by atoms with van der Waals surface area (Å²) in [6, 6.07) is 5.33. The number of rotatable bonds is 5. The minimum atomic E-state index is -2.84. The molecular weight excluding hydrogens is 326 g/mol. The molecule has 0 aliphatic carbocycles. The van der Waals surface area contributed by atoms with Crippen LogP contribution in [0.1, 0.15) is 6.92 Å². The average Bonchev–Trinajstić information content (AvgIpc) is 2.50. The van der Waals surface area contributed by atoms with Crippen LogP contribution in [0, 0.1) is 23.5 Å². The van der Waals surface area contributed by atoms with Crippen LogP contribution in [-0.4, -0.2) is 17.6 Å². The monoisotopic (exact) mass is 339 g/mol. The van der Waals surface area contributed by atoms with Gasteiger partial charge >= 0.3 is 0 Å². The fraction of sp³-hybridized carbons (Fsp3) is 0.235. The summed E-state index contributed by atoms with van der Waals surface area (Å²) in [5.74, 6) is 3.00. The summed E-state index contributed by atoms with van der Waals surface area (Å²) in [6.45, 7) is 0.583. The van der Waals surface area contributed by atoms with Crippen molar-refractivity contribution in [3.8, 4) is 28.8 Å². The Morgan fingerprint density at radius 2 is 1.88 bits per heavy atom. The Morgan fingerprint density at radius 3 is 2.46 bits per heavy atom. The first-order chi connectivity index (χ1) is 11.4. The van der Waals surface area contributed by atoms with Gasteiger partial charge in [0.1, 0.15) is 24.0 Å². The normalized spacial score (nSPS) is 10.4. The molecule has 0 unspecified atom stereocenters. The molecule has 0 radical (unpaired) electrons. The first-order valence-corrected chi connectivity index (χ1v) is 6.94. The van der Waals surface area contributed by atoms with Crippen LogP contribution in [0.3, 0.4) is 0 Å². The summed E-state index contributed by atoms with van der Waals surface area (Å²) in [5.41, 5.74) is -1.61. The predicted octanol–water partition coefficient (Wildman–Crippen LogP) is 3.46. The first kappa shape index (κ1) is 17.6. The van der Waals surface area contributed by atoms with Crippen molar-refractivity contribution in [1.82, 2.24) is 4.57 Å². The largest absolute Gasteiger partial charge is 0.481 e. The molecule has 0 aliphatic rings. The molecule has 0 bridgehead atoms. The maximum Gasteiger partial charge on any atom is 0.256 e. The average molecular weight is 339 g/mol. The highest BCUT2D eigenvalue weighted by Crippen LogP contribution is 2.29. The van der Waals surface area contributed by atoms with Crippen LogP contribution < -0.4 is 10.3 Å². The van der Waals surface area contributed by atoms with Crippen molar-refractivity contribution >= 4 is 0 Å². The van der Waals surface area contributed by atoms with Crippen LogP contribution in [0.25, 0.3) is 11.3 Å². The highest BCUT2D eigenvalue weighted by molar-refractivity contribution is 5.62. The summed E-state index contributed by atoms with van der Waals surface area (Å²) < 4.78 is 59.6. The third-order valence-electron chi connectivity index (χ3n) is 3.13. The predicted molar refractivity (Wildman–Crippen MR) is 81.0 cm³/mol. The lowest BCUT2D eigenvalue weighted by Crippen LogP contribution is -2.24. The molecule has 1 heterocycles. The van der Waals surface area contributed by atoms with E-state index in [0.29, 0.717) is 4.57 Å². The molecule has 7 heteroatoms. The van der Waals surface area contributed by atoms with Crippen LogP contribution >= 0.6 is 0 Å². The number of halogens is 4. The van der Waals surface area contributed by atoms with E-state index in [-0.39, 0.29) is 18.1 Å². The molecule has 0 N–H and O–H groups in total. The molecule has 2 rings (SSSR count). The number of hydrogen-bond acceptors (Lipinski definition) is 2. The van der Waals surface area contributed by atoms with Crippen LogP contribution in [0.2, 0.25) is 0 Å². The highest BCUT2D eigenvalue weighted by Gasteiger charge is 2.19. The van der Waals surface area contributed by atoms with Gasteiger partial charge in [0.15, 0.2) is 0 Å². The number of hydrogen-bond donors (Lipinski definition) is 0. The standard InChI is InChI=1S/C17H13F4NO2/c1-2-3-7-24-11-8-12(18)17(13(19)9-11)14-5-4-6-16(23)22(14)10-15(20)21/h4-6,8-9,15H,7,10H2,1H3. The van der Waals surface area contributed by atoms with Crippen LogP contribution in [0.5, 0.6) is 5.75 Å². The maximum absolute atomic E-state index is 14.3. The summed E-state index contributed by atoms with van der Waals surface area (Å²) >= 11 is 0. The summed E-state index contributed by atoms with van der Waals surface area (Å²) in [4.78, 5) is 11.8. The number of aromatic nitrogens is 1. The minimum Gasteiger partial charge on any atom is -0.481 e. The zero-order valence-corrected chi connectivity index (χ0v) is 12.7. The lowest BCUT2D eigenvalue weighted by Gasteiger charge is -2.14. The Bertz CT molecular complexity index is 827. The van der Waals surface area contributed by atoms with Gasteiger partial charge < -0.3 is 9.30 Å². The number of alkyl halides is 2. The molecule has 0 aliphatic heterocycles. The molecule has 24 heavy (non-hydrogen) atoms. The lowest BCUT2D eigenvalue weighted by molar-refractivity contribution is 0.126. The molecule has 0 fully saturated rings. The quantitative estimate of drug-likeness (QED) is 0.617. The van der Waals surface area contributed by atoms with Crippen molar-refractivity contribution < 1.29 is 22.3 Å². The second-order valence-electron chi connectivity index (χ2n) is 4.73. The molecular formula is C17H13F4NO2. The minimum absolute atomic E-state index is 0.0455. The second-order valence-corrected chi connectivity index (χ2v) is 4.73. The molecule has 0 atom stereocenters. The molecule has 0 amide bonds. The van der Waals surface area contributed by atoms with Gasteiger partial charge in [-0.05, 0) is 13.0 Å². The van der Waals surface area contributed by atoms with Crippen molar-refractivity contribution in [2.75, 3.05) is 6.61 Å². The van der Waals surface area contributed by atoms with E-state index < -0.39 is 35.7 Å². The van der Waals surface area contributed by atoms with Crippen molar-refractivity contribution in [3.05, 3.63) is 52.3 Å². The van der Waals surface area contributed by atoms with Crippen molar-refractivity contribution in [3.63, 3.8) is 0 Å². The number of nitrogens with zero attached hydrogens (tertiary/aromatic N) is 1. The molecule has 2 aromatic rings. The SMILES string of the molecule is CC#CCOc1cc(F)c(-c2cccc(=O)n2CC(F)F)c(F)c1. The maximum atomic E-state index is 14.3. The fourth-order valence-corrected chi connectivity index (χ4v) is 2.13. The Labute approximate surface area is 135 Å². The lowest BCUT2D eigenvalue weighted by atomic mass is 10.1. The zero-order chi connectivity index (χ0) is 17.7. The molecule has 126 valence electrons. The number of ether oxygens (including phenoxy) is 1. The van der Waals surface area contributed by atoms with Gasteiger partial charge in [-0.2, -0.15) is 0 Å². The highest BCUT2D eigenvalue weighted by atomic mass is 19.3. The van der Waals surface area contributed by atoms with Crippen LogP contribution in [0.15, 0.2) is 35.1 Å². The molecule has 1 aromatic carbocycles. The van der Waals surface area contributed by atoms with Crippen LogP contribution in [0.4, 0.5) is 17.6 Å². The van der Waals surface area contributed by atoms with Gasteiger partial charge in [0.2, 0.25) is 0 Å². The fourth-order valence-electron chi connectivity index (χ4n) is 2.13. The Kier molecular flexibility index (Phi) is 5.64. The van der Waals surface area contributed by atoms with E-state index in [1.165, 1.54) is 12.1 Å². The van der Waals surface area contributed by atoms with E-state index in [4.69, 9.17) is 4.74 Å². The molecule has 0 saturated carbocycles. The number of pyridine rings is 1. The topological polar surface area (TPSA) is 31.2 Å². The van der Waals surface area contributed by atoms with Crippen molar-refractivity contribution in [2.24, 2.45) is 0 Å². The second kappa shape index (κ2) is 7.68. The van der Waals surface area contributed by atoms with Crippen LogP contribution in [-0.2, 0) is 6.54 Å².